The number of aryl methyl sites for hydroxylation is 2. The lowest BCUT2D eigenvalue weighted by Crippen LogP contribution is -2.34. The van der Waals surface area contributed by atoms with Crippen molar-refractivity contribution in [3.05, 3.63) is 77.4 Å². The van der Waals surface area contributed by atoms with Gasteiger partial charge in [0.15, 0.2) is 5.11 Å². The number of thiocarbonyl (C=S) groups is 1. The maximum Gasteiger partial charge on any atom is 0.257 e. The molecule has 168 valence electrons. The summed E-state index contributed by atoms with van der Waals surface area (Å²) in [6.45, 7) is 6.67. The van der Waals surface area contributed by atoms with Gasteiger partial charge in [0, 0.05) is 11.3 Å². The van der Waals surface area contributed by atoms with E-state index in [1.165, 1.54) is 5.56 Å². The number of fused-ring (bicyclic) bond motifs is 1. The van der Waals surface area contributed by atoms with E-state index < -0.39 is 0 Å². The van der Waals surface area contributed by atoms with Crippen LogP contribution in [0.15, 0.2) is 60.7 Å². The van der Waals surface area contributed by atoms with Crippen LogP contribution >= 0.6 is 12.2 Å². The molecule has 0 bridgehead atoms. The van der Waals surface area contributed by atoms with Crippen molar-refractivity contribution in [3.8, 4) is 11.4 Å². The van der Waals surface area contributed by atoms with Gasteiger partial charge >= 0.3 is 0 Å². The van der Waals surface area contributed by atoms with Gasteiger partial charge < -0.3 is 10.1 Å². The van der Waals surface area contributed by atoms with Gasteiger partial charge in [-0.2, -0.15) is 4.80 Å². The van der Waals surface area contributed by atoms with Crippen molar-refractivity contribution in [1.29, 1.82) is 0 Å². The van der Waals surface area contributed by atoms with Crippen molar-refractivity contribution in [3.63, 3.8) is 0 Å². The molecule has 0 unspecified atom stereocenters. The van der Waals surface area contributed by atoms with Crippen LogP contribution in [-0.4, -0.2) is 32.6 Å². The van der Waals surface area contributed by atoms with Gasteiger partial charge in [-0.3, -0.25) is 10.1 Å². The Balaban J connectivity index is 1.45. The number of hydrogen-bond donors (Lipinski definition) is 2. The van der Waals surface area contributed by atoms with Gasteiger partial charge in [0.25, 0.3) is 5.91 Å². The van der Waals surface area contributed by atoms with E-state index in [0.717, 1.165) is 40.1 Å². The van der Waals surface area contributed by atoms with Crippen LogP contribution in [-0.2, 0) is 0 Å². The normalized spacial score (nSPS) is 10.8. The van der Waals surface area contributed by atoms with Crippen molar-refractivity contribution in [1.82, 2.24) is 20.3 Å². The number of carbonyl (C=O) groups excluding carboxylic acids is 1. The summed E-state index contributed by atoms with van der Waals surface area (Å²) in [6.07, 6.45) is 0.926. The molecule has 0 aliphatic carbocycles. The molecule has 8 heteroatoms. The quantitative estimate of drug-likeness (QED) is 0.397. The number of amides is 1. The molecule has 0 spiro atoms. The average Bonchev–Trinajstić information content (AvgIpc) is 3.21. The Morgan fingerprint density at radius 2 is 1.67 bits per heavy atom. The molecule has 1 heterocycles. The minimum Gasteiger partial charge on any atom is -0.494 e. The summed E-state index contributed by atoms with van der Waals surface area (Å²) in [5, 5.41) is 15.2. The highest BCUT2D eigenvalue weighted by Crippen LogP contribution is 2.22. The molecule has 3 aromatic carbocycles. The highest BCUT2D eigenvalue weighted by molar-refractivity contribution is 7.80. The summed E-state index contributed by atoms with van der Waals surface area (Å²) in [7, 11) is 0. The second kappa shape index (κ2) is 9.79. The molecule has 0 aliphatic rings. The Hall–Kier alpha value is -3.78. The fraction of sp³-hybridized carbons (Fsp3) is 0.200. The van der Waals surface area contributed by atoms with E-state index in [-0.39, 0.29) is 11.0 Å². The number of ether oxygens (including phenoxy) is 1. The summed E-state index contributed by atoms with van der Waals surface area (Å²) in [4.78, 5) is 14.2. The van der Waals surface area contributed by atoms with Gasteiger partial charge in [0.2, 0.25) is 0 Å². The molecule has 1 amide bonds. The fourth-order valence-electron chi connectivity index (χ4n) is 3.25. The largest absolute Gasteiger partial charge is 0.494 e. The van der Waals surface area contributed by atoms with E-state index in [2.05, 4.69) is 20.8 Å². The predicted octanol–water partition coefficient (Wildman–Crippen LogP) is 4.95. The molecule has 0 radical (unpaired) electrons. The number of carbonyl (C=O) groups is 1. The van der Waals surface area contributed by atoms with E-state index in [1.807, 2.05) is 57.2 Å². The fourth-order valence-corrected chi connectivity index (χ4v) is 3.45. The van der Waals surface area contributed by atoms with E-state index >= 15 is 0 Å². The average molecular weight is 460 g/mol. The summed E-state index contributed by atoms with van der Waals surface area (Å²) < 4.78 is 5.55. The number of rotatable bonds is 6. The Morgan fingerprint density at radius 3 is 2.33 bits per heavy atom. The van der Waals surface area contributed by atoms with Crippen LogP contribution in [0.2, 0.25) is 0 Å². The minimum absolute atomic E-state index is 0.208. The summed E-state index contributed by atoms with van der Waals surface area (Å²) in [5.41, 5.74) is 5.75. The second-order valence-electron chi connectivity index (χ2n) is 7.76. The molecule has 1 aromatic heterocycles. The molecule has 0 saturated carbocycles. The van der Waals surface area contributed by atoms with Gasteiger partial charge in [0.1, 0.15) is 16.8 Å². The number of nitrogens with zero attached hydrogens (tertiary/aromatic N) is 3. The maximum absolute atomic E-state index is 12.5. The van der Waals surface area contributed by atoms with Crippen LogP contribution in [0.1, 0.15) is 34.8 Å². The van der Waals surface area contributed by atoms with Gasteiger partial charge in [-0.15, -0.1) is 10.2 Å². The Kier molecular flexibility index (Phi) is 6.65. The Labute approximate surface area is 197 Å². The first-order valence-corrected chi connectivity index (χ1v) is 11.1. The zero-order valence-electron chi connectivity index (χ0n) is 18.8. The molecule has 0 aliphatic heterocycles. The van der Waals surface area contributed by atoms with Crippen molar-refractivity contribution < 1.29 is 9.53 Å². The summed E-state index contributed by atoms with van der Waals surface area (Å²) in [6, 6.07) is 18.8. The van der Waals surface area contributed by atoms with E-state index in [4.69, 9.17) is 17.0 Å². The van der Waals surface area contributed by atoms with Crippen LogP contribution in [0.5, 0.6) is 5.75 Å². The molecule has 0 saturated heterocycles. The predicted molar refractivity (Wildman–Crippen MR) is 134 cm³/mol. The van der Waals surface area contributed by atoms with Crippen LogP contribution in [0.25, 0.3) is 16.7 Å². The van der Waals surface area contributed by atoms with Crippen molar-refractivity contribution >= 4 is 40.0 Å². The van der Waals surface area contributed by atoms with Crippen molar-refractivity contribution in [2.24, 2.45) is 0 Å². The minimum atomic E-state index is -0.293. The lowest BCUT2D eigenvalue weighted by molar-refractivity contribution is 0.0977. The smallest absolute Gasteiger partial charge is 0.257 e. The molecule has 2 N–H and O–H groups in total. The van der Waals surface area contributed by atoms with Gasteiger partial charge in [-0.25, -0.2) is 0 Å². The third kappa shape index (κ3) is 5.35. The summed E-state index contributed by atoms with van der Waals surface area (Å²) in [5.74, 6) is 0.440. The zero-order chi connectivity index (χ0) is 23.4. The van der Waals surface area contributed by atoms with E-state index in [1.54, 1.807) is 29.1 Å². The number of anilines is 1. The number of aromatic nitrogens is 3. The standard InChI is InChI=1S/C25H25N5O2S/c1-4-13-32-20-11-7-18(8-12-20)24(31)27-25(33)26-21-15-23-22(14-17(21)3)28-30(29-23)19-9-5-16(2)6-10-19/h5-12,14-15H,4,13H2,1-3H3,(H2,26,27,31,33). The lowest BCUT2D eigenvalue weighted by Gasteiger charge is -2.12. The number of nitrogens with one attached hydrogen (secondary N) is 2. The third-order valence-corrected chi connectivity index (χ3v) is 5.26. The monoisotopic (exact) mass is 459 g/mol. The maximum atomic E-state index is 12.5. The van der Waals surface area contributed by atoms with Gasteiger partial charge in [-0.1, -0.05) is 24.6 Å². The molecule has 4 aromatic rings. The van der Waals surface area contributed by atoms with Gasteiger partial charge in [0.05, 0.1) is 12.3 Å². The topological polar surface area (TPSA) is 81.1 Å². The van der Waals surface area contributed by atoms with Crippen LogP contribution < -0.4 is 15.4 Å². The third-order valence-electron chi connectivity index (χ3n) is 5.06. The highest BCUT2D eigenvalue weighted by atomic mass is 32.1. The molecule has 4 rings (SSSR count). The molecule has 0 atom stereocenters. The van der Waals surface area contributed by atoms with Crippen molar-refractivity contribution in [2.45, 2.75) is 27.2 Å². The highest BCUT2D eigenvalue weighted by Gasteiger charge is 2.12. The zero-order valence-corrected chi connectivity index (χ0v) is 19.6. The first-order chi connectivity index (χ1) is 15.9. The van der Waals surface area contributed by atoms with Crippen molar-refractivity contribution in [2.75, 3.05) is 11.9 Å². The number of hydrogen-bond acceptors (Lipinski definition) is 5. The number of benzene rings is 3. The first-order valence-electron chi connectivity index (χ1n) is 10.7. The Morgan fingerprint density at radius 1 is 1.00 bits per heavy atom. The molecule has 0 fully saturated rings. The van der Waals surface area contributed by atoms with Crippen LogP contribution in [0, 0.1) is 13.8 Å². The second-order valence-corrected chi connectivity index (χ2v) is 8.17. The Bertz CT molecular complexity index is 1300. The molecular formula is C25H25N5O2S. The van der Waals surface area contributed by atoms with Gasteiger partial charge in [-0.05, 0) is 86.6 Å². The van der Waals surface area contributed by atoms with E-state index in [9.17, 15) is 4.79 Å². The van der Waals surface area contributed by atoms with Crippen LogP contribution in [0.3, 0.4) is 0 Å². The first kappa shape index (κ1) is 22.4. The molecular weight excluding hydrogens is 434 g/mol. The van der Waals surface area contributed by atoms with Crippen LogP contribution in [0.4, 0.5) is 5.69 Å². The van der Waals surface area contributed by atoms with E-state index in [0.29, 0.717) is 12.2 Å². The molecule has 33 heavy (non-hydrogen) atoms. The lowest BCUT2D eigenvalue weighted by atomic mass is 10.2. The SMILES string of the molecule is CCCOc1ccc(C(=O)NC(=S)Nc2cc3nn(-c4ccc(C)cc4)nc3cc2C)cc1. The summed E-state index contributed by atoms with van der Waals surface area (Å²) >= 11 is 5.36. The molecule has 7 nitrogen and oxygen atoms in total.